The summed E-state index contributed by atoms with van der Waals surface area (Å²) in [6.07, 6.45) is 6.34. The summed E-state index contributed by atoms with van der Waals surface area (Å²) in [4.78, 5) is 2.50. The molecule has 0 aromatic heterocycles. The molecule has 1 nitrogen and oxygen atoms in total. The van der Waals surface area contributed by atoms with Crippen molar-refractivity contribution in [2.24, 2.45) is 0 Å². The monoisotopic (exact) mass is 745 g/mol. The fraction of sp³-hybridized carbons (Fsp3) is 0.158. The molecule has 0 amide bonds. The van der Waals surface area contributed by atoms with E-state index in [0.717, 1.165) is 11.4 Å². The van der Waals surface area contributed by atoms with Crippen LogP contribution in [0.1, 0.15) is 68.2 Å². The van der Waals surface area contributed by atoms with Crippen molar-refractivity contribution < 1.29 is 0 Å². The third kappa shape index (κ3) is 5.30. The van der Waals surface area contributed by atoms with Gasteiger partial charge in [-0.25, -0.2) is 0 Å². The van der Waals surface area contributed by atoms with Gasteiger partial charge in [0.1, 0.15) is 0 Å². The SMILES string of the molecule is CC1(C)c2ccccc2-c2cc(-c3ccc(N(c4ccccc4-c4ccccc4)c4ccccc4-c4cccc5c4-c4ccccc4C54CCCCC4)cc3)ccc21. The van der Waals surface area contributed by atoms with Crippen molar-refractivity contribution in [1.29, 1.82) is 0 Å². The molecule has 11 rings (SSSR count). The van der Waals surface area contributed by atoms with Gasteiger partial charge >= 0.3 is 0 Å². The second-order valence-electron chi connectivity index (χ2n) is 17.1. The third-order valence-corrected chi connectivity index (χ3v) is 13.7. The van der Waals surface area contributed by atoms with Crippen LogP contribution in [0.15, 0.2) is 188 Å². The zero-order valence-electron chi connectivity index (χ0n) is 33.4. The Hall–Kier alpha value is -6.44. The van der Waals surface area contributed by atoms with Crippen molar-refractivity contribution in [3.63, 3.8) is 0 Å². The second kappa shape index (κ2) is 13.6. The molecule has 0 aliphatic heterocycles. The summed E-state index contributed by atoms with van der Waals surface area (Å²) in [5, 5.41) is 0. The third-order valence-electron chi connectivity index (χ3n) is 13.7. The lowest BCUT2D eigenvalue weighted by molar-refractivity contribution is 0.353. The predicted molar refractivity (Wildman–Crippen MR) is 244 cm³/mol. The van der Waals surface area contributed by atoms with Crippen molar-refractivity contribution in [1.82, 2.24) is 0 Å². The van der Waals surface area contributed by atoms with E-state index in [2.05, 4.69) is 207 Å². The smallest absolute Gasteiger partial charge is 0.0540 e. The fourth-order valence-electron chi connectivity index (χ4n) is 11.0. The van der Waals surface area contributed by atoms with E-state index in [1.807, 2.05) is 0 Å². The Balaban J connectivity index is 1.08. The normalized spacial score (nSPS) is 15.3. The number of hydrogen-bond donors (Lipinski definition) is 0. The van der Waals surface area contributed by atoms with E-state index >= 15 is 0 Å². The summed E-state index contributed by atoms with van der Waals surface area (Å²) in [6.45, 7) is 4.70. The lowest BCUT2D eigenvalue weighted by Crippen LogP contribution is -2.27. The van der Waals surface area contributed by atoms with E-state index < -0.39 is 0 Å². The first-order chi connectivity index (χ1) is 28.5. The number of hydrogen-bond acceptors (Lipinski definition) is 1. The van der Waals surface area contributed by atoms with Gasteiger partial charge in [-0.2, -0.15) is 0 Å². The first-order valence-corrected chi connectivity index (χ1v) is 21.2. The van der Waals surface area contributed by atoms with Crippen molar-refractivity contribution in [3.05, 3.63) is 210 Å². The van der Waals surface area contributed by atoms with Crippen molar-refractivity contribution >= 4 is 17.1 Å². The van der Waals surface area contributed by atoms with Crippen molar-refractivity contribution in [2.75, 3.05) is 4.90 Å². The van der Waals surface area contributed by atoms with Crippen LogP contribution in [0.3, 0.4) is 0 Å². The van der Waals surface area contributed by atoms with Gasteiger partial charge in [0.2, 0.25) is 0 Å². The molecule has 0 bridgehead atoms. The number of benzene rings is 8. The summed E-state index contributed by atoms with van der Waals surface area (Å²) in [5.41, 5.74) is 22.3. The molecule has 8 aromatic carbocycles. The van der Waals surface area contributed by atoms with E-state index in [4.69, 9.17) is 0 Å². The van der Waals surface area contributed by atoms with Gasteiger partial charge in [-0.3, -0.25) is 0 Å². The first-order valence-electron chi connectivity index (χ1n) is 21.2. The van der Waals surface area contributed by atoms with Gasteiger partial charge in [-0.05, 0) is 110 Å². The molecule has 3 aliphatic rings. The molecule has 0 radical (unpaired) electrons. The van der Waals surface area contributed by atoms with Crippen LogP contribution < -0.4 is 4.90 Å². The summed E-state index contributed by atoms with van der Waals surface area (Å²) in [5.74, 6) is 0. The van der Waals surface area contributed by atoms with Crippen LogP contribution in [0, 0.1) is 0 Å². The molecule has 0 atom stereocenters. The van der Waals surface area contributed by atoms with Crippen LogP contribution in [0.4, 0.5) is 17.1 Å². The molecule has 0 unspecified atom stereocenters. The minimum Gasteiger partial charge on any atom is -0.309 e. The molecule has 3 aliphatic carbocycles. The Labute approximate surface area is 343 Å². The van der Waals surface area contributed by atoms with E-state index in [-0.39, 0.29) is 10.8 Å². The van der Waals surface area contributed by atoms with E-state index in [1.165, 1.54) is 116 Å². The molecule has 280 valence electrons. The van der Waals surface area contributed by atoms with Crippen LogP contribution >= 0.6 is 0 Å². The number of rotatable bonds is 6. The molecule has 1 spiro atoms. The Kier molecular flexibility index (Phi) is 8.15. The Bertz CT molecular complexity index is 2840. The highest BCUT2D eigenvalue weighted by atomic mass is 15.1. The molecule has 8 aromatic rings. The molecule has 0 saturated heterocycles. The lowest BCUT2D eigenvalue weighted by Gasteiger charge is -2.36. The number of nitrogens with zero attached hydrogens (tertiary/aromatic N) is 1. The maximum Gasteiger partial charge on any atom is 0.0540 e. The van der Waals surface area contributed by atoms with Gasteiger partial charge in [0.15, 0.2) is 0 Å². The Morgan fingerprint density at radius 2 is 0.914 bits per heavy atom. The van der Waals surface area contributed by atoms with Crippen LogP contribution in [0.25, 0.3) is 55.6 Å². The van der Waals surface area contributed by atoms with Gasteiger partial charge < -0.3 is 4.90 Å². The molecule has 1 saturated carbocycles. The first kappa shape index (κ1) is 34.8. The quantitative estimate of drug-likeness (QED) is 0.164. The topological polar surface area (TPSA) is 3.24 Å². The number of anilines is 3. The minimum atomic E-state index is -0.00765. The van der Waals surface area contributed by atoms with Crippen molar-refractivity contribution in [3.8, 4) is 55.6 Å². The lowest BCUT2D eigenvalue weighted by atomic mass is 9.68. The van der Waals surface area contributed by atoms with Crippen LogP contribution in [-0.2, 0) is 10.8 Å². The summed E-state index contributed by atoms with van der Waals surface area (Å²) in [6, 6.07) is 70.5. The molecular weight excluding hydrogens is 699 g/mol. The zero-order valence-corrected chi connectivity index (χ0v) is 33.4. The molecule has 1 heteroatoms. The minimum absolute atomic E-state index is 0.00765. The predicted octanol–water partition coefficient (Wildman–Crippen LogP) is 15.7. The summed E-state index contributed by atoms with van der Waals surface area (Å²) >= 11 is 0. The van der Waals surface area contributed by atoms with Gasteiger partial charge in [-0.1, -0.05) is 191 Å². The highest BCUT2D eigenvalue weighted by Gasteiger charge is 2.44. The van der Waals surface area contributed by atoms with Crippen molar-refractivity contribution in [2.45, 2.75) is 56.8 Å². The highest BCUT2D eigenvalue weighted by Crippen LogP contribution is 2.59. The standard InChI is InChI=1S/C57H47N/c1-56(2)49-25-11-7-21-44(49)48-38-41(32-35-50(48)56)39-30-33-42(34-31-39)58(53-28-13-9-20-43(53)40-18-5-3-6-19-40)54-29-14-10-22-45(54)46-24-17-27-52-55(46)47-23-8-12-26-51(47)57(52)36-15-4-16-37-57/h3,5-14,17-35,38H,4,15-16,36-37H2,1-2H3. The van der Waals surface area contributed by atoms with Gasteiger partial charge in [0.25, 0.3) is 0 Å². The zero-order chi connectivity index (χ0) is 38.8. The highest BCUT2D eigenvalue weighted by molar-refractivity contribution is 6.00. The molecule has 0 N–H and O–H groups in total. The molecular formula is C57H47N. The average molecular weight is 746 g/mol. The molecule has 1 fully saturated rings. The summed E-state index contributed by atoms with van der Waals surface area (Å²) in [7, 11) is 0. The second-order valence-corrected chi connectivity index (χ2v) is 17.1. The maximum absolute atomic E-state index is 2.50. The number of para-hydroxylation sites is 2. The maximum atomic E-state index is 2.50. The largest absolute Gasteiger partial charge is 0.309 e. The Morgan fingerprint density at radius 1 is 0.362 bits per heavy atom. The average Bonchev–Trinajstić information content (AvgIpc) is 3.69. The number of fused-ring (bicyclic) bond motifs is 8. The fourth-order valence-corrected chi connectivity index (χ4v) is 11.0. The molecule has 0 heterocycles. The molecule has 58 heavy (non-hydrogen) atoms. The van der Waals surface area contributed by atoms with Crippen LogP contribution in [-0.4, -0.2) is 0 Å². The van der Waals surface area contributed by atoms with E-state index in [9.17, 15) is 0 Å². The van der Waals surface area contributed by atoms with Crippen LogP contribution in [0.5, 0.6) is 0 Å². The van der Waals surface area contributed by atoms with Gasteiger partial charge in [0.05, 0.1) is 11.4 Å². The van der Waals surface area contributed by atoms with Gasteiger partial charge in [-0.15, -0.1) is 0 Å². The Morgan fingerprint density at radius 3 is 1.67 bits per heavy atom. The van der Waals surface area contributed by atoms with Gasteiger partial charge in [0, 0.05) is 27.6 Å². The van der Waals surface area contributed by atoms with Crippen LogP contribution in [0.2, 0.25) is 0 Å². The summed E-state index contributed by atoms with van der Waals surface area (Å²) < 4.78 is 0. The van der Waals surface area contributed by atoms with E-state index in [0.29, 0.717) is 0 Å². The van der Waals surface area contributed by atoms with E-state index in [1.54, 1.807) is 0 Å².